The average Bonchev–Trinajstić information content (AvgIpc) is 2.70. The van der Waals surface area contributed by atoms with Gasteiger partial charge in [0, 0.05) is 6.04 Å². The molecule has 1 atom stereocenters. The first-order valence-corrected chi connectivity index (χ1v) is 5.66. The van der Waals surface area contributed by atoms with Crippen LogP contribution in [0, 0.1) is 6.92 Å². The van der Waals surface area contributed by atoms with Crippen molar-refractivity contribution in [3.05, 3.63) is 41.2 Å². The highest BCUT2D eigenvalue weighted by Crippen LogP contribution is 2.34. The Morgan fingerprint density at radius 1 is 1.26 bits per heavy atom. The van der Waals surface area contributed by atoms with Crippen molar-refractivity contribution in [1.82, 2.24) is 15.0 Å². The Morgan fingerprint density at radius 3 is 2.42 bits per heavy atom. The molecule has 19 heavy (non-hydrogen) atoms. The van der Waals surface area contributed by atoms with Gasteiger partial charge in [-0.1, -0.05) is 17.3 Å². The van der Waals surface area contributed by atoms with E-state index in [9.17, 15) is 13.2 Å². The molecule has 4 nitrogen and oxygen atoms in total. The van der Waals surface area contributed by atoms with Gasteiger partial charge in [0.15, 0.2) is 0 Å². The van der Waals surface area contributed by atoms with Gasteiger partial charge < -0.3 is 5.73 Å². The molecular formula is C12H13F3N4. The van der Waals surface area contributed by atoms with E-state index in [2.05, 4.69) is 10.3 Å². The van der Waals surface area contributed by atoms with E-state index in [0.29, 0.717) is 11.4 Å². The lowest BCUT2D eigenvalue weighted by molar-refractivity contribution is -0.137. The minimum Gasteiger partial charge on any atom is -0.323 e. The number of benzene rings is 1. The second-order valence-corrected chi connectivity index (χ2v) is 4.28. The third kappa shape index (κ3) is 2.46. The third-order valence-electron chi connectivity index (χ3n) is 2.80. The summed E-state index contributed by atoms with van der Waals surface area (Å²) in [6, 6.07) is 4.85. The van der Waals surface area contributed by atoms with Gasteiger partial charge in [0.2, 0.25) is 0 Å². The molecular weight excluding hydrogens is 257 g/mol. The lowest BCUT2D eigenvalue weighted by Crippen LogP contribution is -2.13. The predicted octanol–water partition coefficient (Wildman–Crippen LogP) is 2.61. The van der Waals surface area contributed by atoms with Gasteiger partial charge in [0.25, 0.3) is 0 Å². The van der Waals surface area contributed by atoms with E-state index in [1.165, 1.54) is 22.9 Å². The summed E-state index contributed by atoms with van der Waals surface area (Å²) >= 11 is 0. The molecule has 7 heteroatoms. The van der Waals surface area contributed by atoms with Crippen LogP contribution < -0.4 is 5.73 Å². The standard InChI is InChI=1S/C12H13F3N4/c1-7(16)11-8(2)19(18-17-11)10-6-4-3-5-9(10)12(13,14)15/h3-7H,16H2,1-2H3. The van der Waals surface area contributed by atoms with E-state index in [1.54, 1.807) is 13.8 Å². The van der Waals surface area contributed by atoms with Crippen molar-refractivity contribution >= 4 is 0 Å². The SMILES string of the molecule is Cc1c(C(C)N)nnn1-c1ccccc1C(F)(F)F. The molecule has 0 aliphatic heterocycles. The molecule has 0 radical (unpaired) electrons. The summed E-state index contributed by atoms with van der Waals surface area (Å²) in [5, 5.41) is 7.60. The normalized spacial score (nSPS) is 13.6. The van der Waals surface area contributed by atoms with E-state index < -0.39 is 11.7 Å². The first kappa shape index (κ1) is 13.5. The van der Waals surface area contributed by atoms with E-state index in [0.717, 1.165) is 6.07 Å². The van der Waals surface area contributed by atoms with Gasteiger partial charge in [-0.25, -0.2) is 4.68 Å². The average molecular weight is 270 g/mol. The van der Waals surface area contributed by atoms with Gasteiger partial charge in [0.1, 0.15) is 5.69 Å². The maximum atomic E-state index is 12.9. The van der Waals surface area contributed by atoms with Crippen LogP contribution in [0.5, 0.6) is 0 Å². The van der Waals surface area contributed by atoms with Gasteiger partial charge in [-0.15, -0.1) is 5.10 Å². The van der Waals surface area contributed by atoms with Gasteiger partial charge >= 0.3 is 6.18 Å². The van der Waals surface area contributed by atoms with E-state index in [4.69, 9.17) is 5.73 Å². The molecule has 0 bridgehead atoms. The van der Waals surface area contributed by atoms with E-state index in [1.807, 2.05) is 0 Å². The topological polar surface area (TPSA) is 56.7 Å². The number of rotatable bonds is 2. The quantitative estimate of drug-likeness (QED) is 0.912. The van der Waals surface area contributed by atoms with Gasteiger partial charge in [-0.05, 0) is 26.0 Å². The van der Waals surface area contributed by atoms with Gasteiger partial charge in [-0.2, -0.15) is 13.2 Å². The number of nitrogens with two attached hydrogens (primary N) is 1. The summed E-state index contributed by atoms with van der Waals surface area (Å²) in [4.78, 5) is 0. The van der Waals surface area contributed by atoms with Crippen LogP contribution in [0.25, 0.3) is 5.69 Å². The number of nitrogens with zero attached hydrogens (tertiary/aromatic N) is 3. The molecule has 1 unspecified atom stereocenters. The molecule has 2 rings (SSSR count). The fourth-order valence-electron chi connectivity index (χ4n) is 1.89. The Balaban J connectivity index is 2.60. The molecule has 0 aliphatic rings. The lowest BCUT2D eigenvalue weighted by Gasteiger charge is -2.13. The Labute approximate surface area is 108 Å². The molecule has 1 heterocycles. The Hall–Kier alpha value is -1.89. The zero-order valence-corrected chi connectivity index (χ0v) is 10.4. The molecule has 2 aromatic rings. The van der Waals surface area contributed by atoms with Crippen molar-refractivity contribution in [1.29, 1.82) is 0 Å². The molecule has 0 saturated heterocycles. The molecule has 2 N–H and O–H groups in total. The van der Waals surface area contributed by atoms with Crippen molar-refractivity contribution in [2.24, 2.45) is 5.73 Å². The highest BCUT2D eigenvalue weighted by molar-refractivity contribution is 5.43. The predicted molar refractivity (Wildman–Crippen MR) is 63.7 cm³/mol. The van der Waals surface area contributed by atoms with Crippen molar-refractivity contribution in [2.75, 3.05) is 0 Å². The largest absolute Gasteiger partial charge is 0.418 e. The van der Waals surface area contributed by atoms with Gasteiger partial charge in [-0.3, -0.25) is 0 Å². The van der Waals surface area contributed by atoms with Crippen LogP contribution >= 0.6 is 0 Å². The monoisotopic (exact) mass is 270 g/mol. The maximum Gasteiger partial charge on any atom is 0.418 e. The molecule has 0 fully saturated rings. The molecule has 0 aliphatic carbocycles. The first-order chi connectivity index (χ1) is 8.82. The second kappa shape index (κ2) is 4.65. The van der Waals surface area contributed by atoms with Crippen LogP contribution in [0.1, 0.15) is 29.9 Å². The first-order valence-electron chi connectivity index (χ1n) is 5.66. The summed E-state index contributed by atoms with van der Waals surface area (Å²) < 4.78 is 40.0. The van der Waals surface area contributed by atoms with Crippen molar-refractivity contribution in [2.45, 2.75) is 26.1 Å². The number of hydrogen-bond acceptors (Lipinski definition) is 3. The van der Waals surface area contributed by atoms with Crippen LogP contribution in [-0.2, 0) is 6.18 Å². The summed E-state index contributed by atoms with van der Waals surface area (Å²) in [6.07, 6.45) is -4.44. The van der Waals surface area contributed by atoms with Crippen molar-refractivity contribution in [3.63, 3.8) is 0 Å². The molecule has 0 saturated carbocycles. The Morgan fingerprint density at radius 2 is 1.89 bits per heavy atom. The zero-order valence-electron chi connectivity index (χ0n) is 10.4. The van der Waals surface area contributed by atoms with Crippen LogP contribution in [0.4, 0.5) is 13.2 Å². The van der Waals surface area contributed by atoms with Gasteiger partial charge in [0.05, 0.1) is 16.9 Å². The van der Waals surface area contributed by atoms with E-state index >= 15 is 0 Å². The molecule has 102 valence electrons. The molecule has 0 spiro atoms. The highest BCUT2D eigenvalue weighted by Gasteiger charge is 2.34. The number of hydrogen-bond donors (Lipinski definition) is 1. The Kier molecular flexibility index (Phi) is 3.32. The smallest absolute Gasteiger partial charge is 0.323 e. The summed E-state index contributed by atoms with van der Waals surface area (Å²) in [5.41, 5.74) is 5.88. The molecule has 0 amide bonds. The highest BCUT2D eigenvalue weighted by atomic mass is 19.4. The van der Waals surface area contributed by atoms with Crippen molar-refractivity contribution in [3.8, 4) is 5.69 Å². The van der Waals surface area contributed by atoms with Crippen LogP contribution in [0.15, 0.2) is 24.3 Å². The van der Waals surface area contributed by atoms with Crippen LogP contribution in [0.2, 0.25) is 0 Å². The summed E-state index contributed by atoms with van der Waals surface area (Å²) in [6.45, 7) is 3.35. The van der Waals surface area contributed by atoms with E-state index in [-0.39, 0.29) is 11.7 Å². The molecule has 1 aromatic heterocycles. The fraction of sp³-hybridized carbons (Fsp3) is 0.333. The van der Waals surface area contributed by atoms with Crippen molar-refractivity contribution < 1.29 is 13.2 Å². The minimum atomic E-state index is -4.44. The molecule has 1 aromatic carbocycles. The number of alkyl halides is 3. The second-order valence-electron chi connectivity index (χ2n) is 4.28. The third-order valence-corrected chi connectivity index (χ3v) is 2.80. The number of halogens is 3. The lowest BCUT2D eigenvalue weighted by atomic mass is 10.1. The summed E-state index contributed by atoms with van der Waals surface area (Å²) in [7, 11) is 0. The number of aromatic nitrogens is 3. The van der Waals surface area contributed by atoms with Crippen LogP contribution in [0.3, 0.4) is 0 Å². The Bertz CT molecular complexity index is 587. The fourth-order valence-corrected chi connectivity index (χ4v) is 1.89. The minimum absolute atomic E-state index is 0.0492. The zero-order chi connectivity index (χ0) is 14.2. The summed E-state index contributed by atoms with van der Waals surface area (Å²) in [5.74, 6) is 0. The number of para-hydroxylation sites is 1. The maximum absolute atomic E-state index is 12.9. The van der Waals surface area contributed by atoms with Crippen LogP contribution in [-0.4, -0.2) is 15.0 Å².